The lowest BCUT2D eigenvalue weighted by Crippen LogP contribution is -2.38. The molecule has 4 aromatic rings. The van der Waals surface area contributed by atoms with Crippen LogP contribution in [0.5, 0.6) is 0 Å². The third kappa shape index (κ3) is 3.91. The molecule has 2 aromatic heterocycles. The van der Waals surface area contributed by atoms with Crippen LogP contribution in [0.2, 0.25) is 0 Å². The van der Waals surface area contributed by atoms with Crippen molar-refractivity contribution in [2.24, 2.45) is 0 Å². The zero-order valence-electron chi connectivity index (χ0n) is 18.1. The number of carbonyl (C=O) groups is 1. The van der Waals surface area contributed by atoms with E-state index in [1.807, 2.05) is 65.5 Å². The topological polar surface area (TPSA) is 71.6 Å². The van der Waals surface area contributed by atoms with Crippen LogP contribution in [0.25, 0.3) is 16.6 Å². The molecule has 0 aliphatic rings. The van der Waals surface area contributed by atoms with E-state index in [-0.39, 0.29) is 11.5 Å². The number of carbonyl (C=O) groups excluding carboxylic acids is 1. The van der Waals surface area contributed by atoms with Crippen molar-refractivity contribution in [3.8, 4) is 0 Å². The number of nitrogens with one attached hydrogen (secondary N) is 1. The van der Waals surface area contributed by atoms with Gasteiger partial charge in [0.2, 0.25) is 5.91 Å². The predicted octanol–water partition coefficient (Wildman–Crippen LogP) is 3.16. The summed E-state index contributed by atoms with van der Waals surface area (Å²) in [5.41, 5.74) is 3.04. The van der Waals surface area contributed by atoms with Crippen molar-refractivity contribution >= 4 is 28.1 Å². The van der Waals surface area contributed by atoms with Crippen molar-refractivity contribution in [2.75, 3.05) is 24.5 Å². The molecule has 2 aromatic carbocycles. The molecular weight excluding hydrogens is 390 g/mol. The van der Waals surface area contributed by atoms with Crippen LogP contribution in [-0.2, 0) is 4.79 Å². The zero-order chi connectivity index (χ0) is 22.0. The van der Waals surface area contributed by atoms with Gasteiger partial charge in [0.05, 0.1) is 5.52 Å². The third-order valence-corrected chi connectivity index (χ3v) is 5.62. The number of nitrogens with zero attached hydrogens (tertiary/aromatic N) is 4. The van der Waals surface area contributed by atoms with Gasteiger partial charge in [-0.3, -0.25) is 14.3 Å². The number of fused-ring (bicyclic) bond motifs is 3. The van der Waals surface area contributed by atoms with Crippen LogP contribution in [0.4, 0.5) is 5.69 Å². The predicted molar refractivity (Wildman–Crippen MR) is 124 cm³/mol. The van der Waals surface area contributed by atoms with Crippen LogP contribution in [0, 0.1) is 6.92 Å². The average Bonchev–Trinajstić information content (AvgIpc) is 3.11. The summed E-state index contributed by atoms with van der Waals surface area (Å²) in [5.74, 6) is -0.0788. The van der Waals surface area contributed by atoms with E-state index >= 15 is 0 Å². The van der Waals surface area contributed by atoms with Crippen molar-refractivity contribution < 1.29 is 4.79 Å². The maximum absolute atomic E-state index is 13.1. The molecule has 1 N–H and O–H groups in total. The van der Waals surface area contributed by atoms with Crippen LogP contribution in [0.15, 0.2) is 65.5 Å². The Morgan fingerprint density at radius 3 is 2.58 bits per heavy atom. The second-order valence-electron chi connectivity index (χ2n) is 7.62. The van der Waals surface area contributed by atoms with Gasteiger partial charge in [0.25, 0.3) is 5.56 Å². The largest absolute Gasteiger partial charge is 0.370 e. The molecule has 0 bridgehead atoms. The molecule has 0 saturated heterocycles. The van der Waals surface area contributed by atoms with Gasteiger partial charge in [0.1, 0.15) is 6.04 Å². The van der Waals surface area contributed by atoms with E-state index in [1.54, 1.807) is 0 Å². The standard InChI is InChI=1S/C24H27N5O2/c1-4-27(19-10-6-5-7-11-19)15-14-25-24(31)18(3)29-21-13-9-8-12-20(21)23-26-22(30)16-17(2)28(23)29/h5-13,16,18H,4,14-15H2,1-3H3,(H,25,31). The lowest BCUT2D eigenvalue weighted by Gasteiger charge is -2.24. The van der Waals surface area contributed by atoms with Gasteiger partial charge in [-0.1, -0.05) is 30.3 Å². The molecule has 1 atom stereocenters. The van der Waals surface area contributed by atoms with Crippen LogP contribution >= 0.6 is 0 Å². The molecule has 31 heavy (non-hydrogen) atoms. The van der Waals surface area contributed by atoms with Gasteiger partial charge in [-0.15, -0.1) is 0 Å². The first kappa shape index (κ1) is 20.7. The fourth-order valence-corrected chi connectivity index (χ4v) is 4.07. The molecule has 0 aliphatic heterocycles. The van der Waals surface area contributed by atoms with Gasteiger partial charge >= 0.3 is 0 Å². The molecule has 0 radical (unpaired) electrons. The molecular formula is C24H27N5O2. The Kier molecular flexibility index (Phi) is 5.75. The van der Waals surface area contributed by atoms with Crippen LogP contribution in [0.3, 0.4) is 0 Å². The first-order chi connectivity index (χ1) is 15.0. The highest BCUT2D eigenvalue weighted by Gasteiger charge is 2.22. The van der Waals surface area contributed by atoms with Gasteiger partial charge in [-0.25, -0.2) is 4.52 Å². The monoisotopic (exact) mass is 417 g/mol. The highest BCUT2D eigenvalue weighted by molar-refractivity contribution is 5.94. The van der Waals surface area contributed by atoms with Crippen molar-refractivity contribution in [1.29, 1.82) is 0 Å². The van der Waals surface area contributed by atoms with E-state index in [4.69, 9.17) is 0 Å². The average molecular weight is 418 g/mol. The minimum absolute atomic E-state index is 0.0788. The zero-order valence-corrected chi connectivity index (χ0v) is 18.1. The number of benzene rings is 2. The minimum Gasteiger partial charge on any atom is -0.370 e. The first-order valence-electron chi connectivity index (χ1n) is 10.6. The Labute approximate surface area is 180 Å². The van der Waals surface area contributed by atoms with Crippen LogP contribution in [0.1, 0.15) is 25.6 Å². The quantitative estimate of drug-likeness (QED) is 0.501. The van der Waals surface area contributed by atoms with Crippen LogP contribution < -0.4 is 15.8 Å². The fraction of sp³-hybridized carbons (Fsp3) is 0.292. The van der Waals surface area contributed by atoms with Gasteiger partial charge in [0, 0.05) is 42.5 Å². The third-order valence-electron chi connectivity index (χ3n) is 5.62. The van der Waals surface area contributed by atoms with Gasteiger partial charge in [-0.2, -0.15) is 4.98 Å². The molecule has 1 unspecified atom stereocenters. The number of aromatic nitrogens is 3. The molecule has 1 amide bonds. The summed E-state index contributed by atoms with van der Waals surface area (Å²) >= 11 is 0. The number of hydrogen-bond donors (Lipinski definition) is 1. The molecule has 2 heterocycles. The SMILES string of the molecule is CCN(CCNC(=O)C(C)n1c2ccccc2c2nc(=O)cc(C)n21)c1ccccc1. The van der Waals surface area contributed by atoms with Crippen molar-refractivity contribution in [3.63, 3.8) is 0 Å². The molecule has 0 spiro atoms. The number of para-hydroxylation sites is 2. The number of likely N-dealkylation sites (N-methyl/N-ethyl adjacent to an activating group) is 1. The maximum atomic E-state index is 13.1. The summed E-state index contributed by atoms with van der Waals surface area (Å²) in [6.07, 6.45) is 0. The Bertz CT molecular complexity index is 1280. The first-order valence-corrected chi connectivity index (χ1v) is 10.6. The van der Waals surface area contributed by atoms with Crippen molar-refractivity contribution in [1.82, 2.24) is 19.5 Å². The summed E-state index contributed by atoms with van der Waals surface area (Å²) in [5, 5.41) is 3.92. The number of aryl methyl sites for hydroxylation is 1. The van der Waals surface area contributed by atoms with E-state index in [0.29, 0.717) is 12.2 Å². The highest BCUT2D eigenvalue weighted by Crippen LogP contribution is 2.25. The lowest BCUT2D eigenvalue weighted by molar-refractivity contribution is -0.124. The fourth-order valence-electron chi connectivity index (χ4n) is 4.07. The highest BCUT2D eigenvalue weighted by atomic mass is 16.2. The van der Waals surface area contributed by atoms with E-state index in [0.717, 1.165) is 35.4 Å². The molecule has 0 saturated carbocycles. The molecule has 160 valence electrons. The molecule has 0 fully saturated rings. The second kappa shape index (κ2) is 8.63. The number of amides is 1. The van der Waals surface area contributed by atoms with E-state index < -0.39 is 6.04 Å². The van der Waals surface area contributed by atoms with Gasteiger partial charge in [-0.05, 0) is 45.0 Å². The molecule has 0 aliphatic carbocycles. The molecule has 4 rings (SSSR count). The van der Waals surface area contributed by atoms with E-state index in [1.165, 1.54) is 6.07 Å². The number of hydrogen-bond acceptors (Lipinski definition) is 4. The maximum Gasteiger partial charge on any atom is 0.273 e. The van der Waals surface area contributed by atoms with Crippen LogP contribution in [-0.4, -0.2) is 39.7 Å². The summed E-state index contributed by atoms with van der Waals surface area (Å²) in [6, 6.07) is 18.9. The molecule has 7 nitrogen and oxygen atoms in total. The number of anilines is 1. The Morgan fingerprint density at radius 2 is 1.84 bits per heavy atom. The Hall–Kier alpha value is -3.61. The van der Waals surface area contributed by atoms with E-state index in [9.17, 15) is 9.59 Å². The minimum atomic E-state index is -0.475. The summed E-state index contributed by atoms with van der Waals surface area (Å²) in [6.45, 7) is 7.95. The summed E-state index contributed by atoms with van der Waals surface area (Å²) in [4.78, 5) is 31.5. The summed E-state index contributed by atoms with van der Waals surface area (Å²) in [7, 11) is 0. The molecule has 7 heteroatoms. The Morgan fingerprint density at radius 1 is 1.13 bits per heavy atom. The number of rotatable bonds is 7. The van der Waals surface area contributed by atoms with Crippen molar-refractivity contribution in [2.45, 2.75) is 26.8 Å². The Balaban J connectivity index is 1.58. The second-order valence-corrected chi connectivity index (χ2v) is 7.62. The van der Waals surface area contributed by atoms with Gasteiger partial charge < -0.3 is 10.2 Å². The smallest absolute Gasteiger partial charge is 0.273 e. The van der Waals surface area contributed by atoms with E-state index in [2.05, 4.69) is 34.3 Å². The van der Waals surface area contributed by atoms with Crippen molar-refractivity contribution in [3.05, 3.63) is 76.7 Å². The normalized spacial score (nSPS) is 12.2. The lowest BCUT2D eigenvalue weighted by atomic mass is 10.2. The van der Waals surface area contributed by atoms with Gasteiger partial charge in [0.15, 0.2) is 5.65 Å². The summed E-state index contributed by atoms with van der Waals surface area (Å²) < 4.78 is 3.77.